The number of rotatable bonds is 4. The third-order valence-electron chi connectivity index (χ3n) is 2.14. The van der Waals surface area contributed by atoms with Gasteiger partial charge in [-0.15, -0.1) is 0 Å². The van der Waals surface area contributed by atoms with Gasteiger partial charge in [-0.1, -0.05) is 0 Å². The SMILES string of the molecule is N#CCOc1ccc(C#N)cc1C(N)CC#N. The molecule has 0 heterocycles. The number of hydrogen-bond acceptors (Lipinski definition) is 5. The standard InChI is InChI=1S/C12H10N4O/c13-4-3-11(16)10-7-9(8-15)1-2-12(10)17-6-5-14/h1-2,7,11H,3,6,16H2. The maximum absolute atomic E-state index is 8.79. The highest BCUT2D eigenvalue weighted by molar-refractivity contribution is 5.44. The van der Waals surface area contributed by atoms with Crippen LogP contribution < -0.4 is 10.5 Å². The first-order chi connectivity index (χ1) is 8.22. The van der Waals surface area contributed by atoms with Crippen LogP contribution in [0.1, 0.15) is 23.6 Å². The molecule has 5 nitrogen and oxygen atoms in total. The molecule has 17 heavy (non-hydrogen) atoms. The zero-order chi connectivity index (χ0) is 12.7. The van der Waals surface area contributed by atoms with Crippen LogP contribution in [-0.2, 0) is 0 Å². The molecular formula is C12H10N4O. The summed E-state index contributed by atoms with van der Waals surface area (Å²) in [6, 6.07) is 10.0. The van der Waals surface area contributed by atoms with Crippen LogP contribution in [0.15, 0.2) is 18.2 Å². The van der Waals surface area contributed by atoms with Gasteiger partial charge in [-0.25, -0.2) is 0 Å². The Morgan fingerprint density at radius 1 is 1.24 bits per heavy atom. The van der Waals surface area contributed by atoms with Crippen molar-refractivity contribution >= 4 is 0 Å². The first-order valence-electron chi connectivity index (χ1n) is 4.89. The molecule has 2 N–H and O–H groups in total. The van der Waals surface area contributed by atoms with E-state index in [2.05, 4.69) is 0 Å². The Morgan fingerprint density at radius 3 is 2.59 bits per heavy atom. The highest BCUT2D eigenvalue weighted by atomic mass is 16.5. The lowest BCUT2D eigenvalue weighted by atomic mass is 10.0. The van der Waals surface area contributed by atoms with Crippen LogP contribution in [0.4, 0.5) is 0 Å². The zero-order valence-corrected chi connectivity index (χ0v) is 9.05. The quantitative estimate of drug-likeness (QED) is 0.834. The van der Waals surface area contributed by atoms with E-state index in [1.807, 2.05) is 18.2 Å². The lowest BCUT2D eigenvalue weighted by molar-refractivity contribution is 0.361. The third kappa shape index (κ3) is 3.21. The fourth-order valence-corrected chi connectivity index (χ4v) is 1.36. The van der Waals surface area contributed by atoms with E-state index < -0.39 is 6.04 Å². The predicted octanol–water partition coefficient (Wildman–Crippen LogP) is 1.37. The number of nitriles is 3. The lowest BCUT2D eigenvalue weighted by Crippen LogP contribution is -2.12. The second kappa shape index (κ2) is 6.12. The summed E-state index contributed by atoms with van der Waals surface area (Å²) in [7, 11) is 0. The minimum absolute atomic E-state index is 0.0990. The number of hydrogen-bond donors (Lipinski definition) is 1. The molecule has 1 unspecified atom stereocenters. The summed E-state index contributed by atoms with van der Waals surface area (Å²) in [5.74, 6) is 0.438. The van der Waals surface area contributed by atoms with E-state index in [1.54, 1.807) is 18.2 Å². The van der Waals surface area contributed by atoms with Gasteiger partial charge in [0.25, 0.3) is 0 Å². The Hall–Kier alpha value is -2.55. The van der Waals surface area contributed by atoms with E-state index in [1.165, 1.54) is 0 Å². The Bertz CT molecular complexity index is 519. The second-order valence-electron chi connectivity index (χ2n) is 3.28. The van der Waals surface area contributed by atoms with E-state index in [4.69, 9.17) is 26.3 Å². The van der Waals surface area contributed by atoms with E-state index in [9.17, 15) is 0 Å². The molecule has 0 radical (unpaired) electrons. The molecule has 1 rings (SSSR count). The summed E-state index contributed by atoms with van der Waals surface area (Å²) in [4.78, 5) is 0. The Morgan fingerprint density at radius 2 is 2.00 bits per heavy atom. The molecule has 1 aromatic carbocycles. The van der Waals surface area contributed by atoms with Crippen molar-refractivity contribution in [2.75, 3.05) is 6.61 Å². The largest absolute Gasteiger partial charge is 0.478 e. The number of nitrogens with zero attached hydrogens (tertiary/aromatic N) is 3. The van der Waals surface area contributed by atoms with Crippen molar-refractivity contribution in [2.45, 2.75) is 12.5 Å². The summed E-state index contributed by atoms with van der Waals surface area (Å²) >= 11 is 0. The van der Waals surface area contributed by atoms with Gasteiger partial charge in [0, 0.05) is 11.6 Å². The molecule has 0 spiro atoms. The van der Waals surface area contributed by atoms with Gasteiger partial charge in [-0.3, -0.25) is 0 Å². The monoisotopic (exact) mass is 226 g/mol. The molecule has 1 aromatic rings. The molecule has 0 aliphatic heterocycles. The molecule has 0 amide bonds. The predicted molar refractivity (Wildman–Crippen MR) is 59.4 cm³/mol. The maximum atomic E-state index is 8.79. The Kier molecular flexibility index (Phi) is 4.51. The molecule has 0 aromatic heterocycles. The summed E-state index contributed by atoms with van der Waals surface area (Å²) < 4.78 is 5.19. The zero-order valence-electron chi connectivity index (χ0n) is 9.05. The normalized spacial score (nSPS) is 10.7. The van der Waals surface area contributed by atoms with Gasteiger partial charge in [0.1, 0.15) is 11.8 Å². The van der Waals surface area contributed by atoms with E-state index in [0.717, 1.165) is 0 Å². The molecule has 84 valence electrons. The first-order valence-corrected chi connectivity index (χ1v) is 4.89. The molecule has 1 atom stereocenters. The smallest absolute Gasteiger partial charge is 0.174 e. The van der Waals surface area contributed by atoms with Crippen molar-refractivity contribution in [1.82, 2.24) is 0 Å². The van der Waals surface area contributed by atoms with Gasteiger partial charge < -0.3 is 10.5 Å². The average molecular weight is 226 g/mol. The molecule has 0 bridgehead atoms. The number of nitrogens with two attached hydrogens (primary N) is 1. The minimum atomic E-state index is -0.526. The molecule has 0 saturated carbocycles. The number of benzene rings is 1. The van der Waals surface area contributed by atoms with E-state index in [0.29, 0.717) is 16.9 Å². The summed E-state index contributed by atoms with van der Waals surface area (Å²) in [5, 5.41) is 25.8. The van der Waals surface area contributed by atoms with E-state index >= 15 is 0 Å². The molecule has 0 fully saturated rings. The molecule has 0 aliphatic rings. The van der Waals surface area contributed by atoms with Gasteiger partial charge in [-0.05, 0) is 18.2 Å². The van der Waals surface area contributed by atoms with Crippen molar-refractivity contribution in [2.24, 2.45) is 5.73 Å². The van der Waals surface area contributed by atoms with Crippen LogP contribution in [-0.4, -0.2) is 6.61 Å². The number of ether oxygens (including phenoxy) is 1. The lowest BCUT2D eigenvalue weighted by Gasteiger charge is -2.13. The van der Waals surface area contributed by atoms with Crippen LogP contribution in [0.2, 0.25) is 0 Å². The fourth-order valence-electron chi connectivity index (χ4n) is 1.36. The van der Waals surface area contributed by atoms with Gasteiger partial charge in [0.05, 0.1) is 24.1 Å². The fraction of sp³-hybridized carbons (Fsp3) is 0.250. The van der Waals surface area contributed by atoms with Crippen LogP contribution >= 0.6 is 0 Å². The summed E-state index contributed by atoms with van der Waals surface area (Å²) in [6.07, 6.45) is 0.123. The molecular weight excluding hydrogens is 216 g/mol. The minimum Gasteiger partial charge on any atom is -0.478 e. The molecule has 5 heteroatoms. The van der Waals surface area contributed by atoms with Crippen LogP contribution in [0, 0.1) is 34.0 Å². The summed E-state index contributed by atoms with van der Waals surface area (Å²) in [5.41, 5.74) is 6.82. The van der Waals surface area contributed by atoms with Crippen molar-refractivity contribution in [3.8, 4) is 24.0 Å². The van der Waals surface area contributed by atoms with Crippen LogP contribution in [0.3, 0.4) is 0 Å². The van der Waals surface area contributed by atoms with Crippen molar-refractivity contribution in [3.63, 3.8) is 0 Å². The topological polar surface area (TPSA) is 107 Å². The Balaban J connectivity index is 3.09. The van der Waals surface area contributed by atoms with Crippen molar-refractivity contribution < 1.29 is 4.74 Å². The molecule has 0 aliphatic carbocycles. The van der Waals surface area contributed by atoms with Gasteiger partial charge in [0.15, 0.2) is 6.61 Å². The summed E-state index contributed by atoms with van der Waals surface area (Å²) in [6.45, 7) is -0.0990. The third-order valence-corrected chi connectivity index (χ3v) is 2.14. The van der Waals surface area contributed by atoms with Crippen molar-refractivity contribution in [1.29, 1.82) is 15.8 Å². The molecule has 0 saturated heterocycles. The second-order valence-corrected chi connectivity index (χ2v) is 3.28. The van der Waals surface area contributed by atoms with Crippen LogP contribution in [0.5, 0.6) is 5.75 Å². The van der Waals surface area contributed by atoms with Gasteiger partial charge in [0.2, 0.25) is 0 Å². The Labute approximate surface area is 99.3 Å². The highest BCUT2D eigenvalue weighted by Gasteiger charge is 2.13. The van der Waals surface area contributed by atoms with Crippen LogP contribution in [0.25, 0.3) is 0 Å². The first kappa shape index (κ1) is 12.5. The van der Waals surface area contributed by atoms with Gasteiger partial charge in [-0.2, -0.15) is 15.8 Å². The highest BCUT2D eigenvalue weighted by Crippen LogP contribution is 2.26. The average Bonchev–Trinajstić information content (AvgIpc) is 2.36. The van der Waals surface area contributed by atoms with E-state index in [-0.39, 0.29) is 13.0 Å². The van der Waals surface area contributed by atoms with Gasteiger partial charge >= 0.3 is 0 Å². The van der Waals surface area contributed by atoms with Crippen molar-refractivity contribution in [3.05, 3.63) is 29.3 Å². The maximum Gasteiger partial charge on any atom is 0.174 e.